The molecule has 2 heterocycles. The number of benzene rings is 2. The number of ether oxygens (including phenoxy) is 2. The fraction of sp³-hybridized carbons (Fsp3) is 0.143. The summed E-state index contributed by atoms with van der Waals surface area (Å²) in [6.07, 6.45) is 0. The molecule has 2 aliphatic rings. The quantitative estimate of drug-likeness (QED) is 0.835. The number of hydrogen-bond acceptors (Lipinski definition) is 4. The third kappa shape index (κ3) is 2.11. The largest absolute Gasteiger partial charge is 1.00 e. The lowest BCUT2D eigenvalue weighted by atomic mass is 10.2. The molecular weight excluding hydrogens is 282 g/mol. The van der Waals surface area contributed by atoms with Crippen molar-refractivity contribution in [2.75, 3.05) is 12.1 Å². The molecule has 2 aromatic rings. The molecule has 0 aliphatic carbocycles. The van der Waals surface area contributed by atoms with E-state index in [1.54, 1.807) is 0 Å². The highest BCUT2D eigenvalue weighted by Crippen LogP contribution is 2.47. The SMILES string of the molecule is [Cl-].c1ccc2c(c1)NC(c1ccc3c(c1)OCO3)S2. The summed E-state index contributed by atoms with van der Waals surface area (Å²) in [5, 5.41) is 3.76. The van der Waals surface area contributed by atoms with Crippen LogP contribution in [0.3, 0.4) is 0 Å². The summed E-state index contributed by atoms with van der Waals surface area (Å²) in [6, 6.07) is 14.5. The minimum absolute atomic E-state index is 0. The number of hydrogen-bond donors (Lipinski definition) is 1. The van der Waals surface area contributed by atoms with E-state index in [4.69, 9.17) is 9.47 Å². The summed E-state index contributed by atoms with van der Waals surface area (Å²) < 4.78 is 10.7. The van der Waals surface area contributed by atoms with Crippen LogP contribution in [0.15, 0.2) is 47.4 Å². The number of rotatable bonds is 1. The predicted octanol–water partition coefficient (Wildman–Crippen LogP) is 0.636. The van der Waals surface area contributed by atoms with Gasteiger partial charge >= 0.3 is 0 Å². The molecule has 0 aromatic heterocycles. The maximum absolute atomic E-state index is 5.42. The first-order valence-corrected chi connectivity index (χ1v) is 6.70. The van der Waals surface area contributed by atoms with Crippen molar-refractivity contribution in [3.63, 3.8) is 0 Å². The Labute approximate surface area is 121 Å². The molecule has 1 N–H and O–H groups in total. The van der Waals surface area contributed by atoms with Crippen LogP contribution in [0.25, 0.3) is 0 Å². The fourth-order valence-electron chi connectivity index (χ4n) is 2.21. The third-order valence-electron chi connectivity index (χ3n) is 3.12. The highest BCUT2D eigenvalue weighted by atomic mass is 35.5. The van der Waals surface area contributed by atoms with E-state index < -0.39 is 0 Å². The highest BCUT2D eigenvalue weighted by Gasteiger charge is 2.24. The second-order valence-corrected chi connectivity index (χ2v) is 5.40. The Morgan fingerprint density at radius 3 is 2.79 bits per heavy atom. The van der Waals surface area contributed by atoms with E-state index in [1.807, 2.05) is 17.8 Å². The van der Waals surface area contributed by atoms with Gasteiger partial charge in [-0.05, 0) is 29.8 Å². The van der Waals surface area contributed by atoms with Gasteiger partial charge in [0.1, 0.15) is 5.37 Å². The van der Waals surface area contributed by atoms with Crippen molar-refractivity contribution in [2.45, 2.75) is 10.3 Å². The van der Waals surface area contributed by atoms with Crippen molar-refractivity contribution in [3.05, 3.63) is 48.0 Å². The lowest BCUT2D eigenvalue weighted by Gasteiger charge is -2.11. The summed E-state index contributed by atoms with van der Waals surface area (Å²) in [4.78, 5) is 1.29. The number of thioether (sulfide) groups is 1. The molecule has 19 heavy (non-hydrogen) atoms. The van der Waals surface area contributed by atoms with Crippen LogP contribution in [-0.4, -0.2) is 6.79 Å². The molecule has 0 amide bonds. The third-order valence-corrected chi connectivity index (χ3v) is 4.35. The summed E-state index contributed by atoms with van der Waals surface area (Å²) in [5.74, 6) is 1.67. The van der Waals surface area contributed by atoms with Gasteiger partial charge in [0.2, 0.25) is 6.79 Å². The zero-order chi connectivity index (χ0) is 11.9. The van der Waals surface area contributed by atoms with Crippen LogP contribution in [0.4, 0.5) is 5.69 Å². The van der Waals surface area contributed by atoms with Crippen LogP contribution in [0, 0.1) is 0 Å². The first-order valence-electron chi connectivity index (χ1n) is 5.82. The van der Waals surface area contributed by atoms with Crippen LogP contribution in [0.2, 0.25) is 0 Å². The molecule has 0 bridgehead atoms. The Balaban J connectivity index is 0.00000110. The van der Waals surface area contributed by atoms with Crippen LogP contribution in [0.5, 0.6) is 11.5 Å². The molecule has 0 fully saturated rings. The first-order chi connectivity index (χ1) is 8.90. The molecule has 2 aromatic carbocycles. The first kappa shape index (κ1) is 12.5. The van der Waals surface area contributed by atoms with Gasteiger partial charge < -0.3 is 27.2 Å². The molecule has 0 saturated heterocycles. The fourth-order valence-corrected chi connectivity index (χ4v) is 3.35. The molecule has 4 rings (SSSR count). The highest BCUT2D eigenvalue weighted by molar-refractivity contribution is 8.00. The van der Waals surface area contributed by atoms with E-state index >= 15 is 0 Å². The van der Waals surface area contributed by atoms with Gasteiger partial charge in [0.05, 0.1) is 0 Å². The summed E-state index contributed by atoms with van der Waals surface area (Å²) >= 11 is 1.83. The Hall–Kier alpha value is -1.52. The van der Waals surface area contributed by atoms with Crippen LogP contribution in [0.1, 0.15) is 10.9 Å². The molecule has 1 unspecified atom stereocenters. The number of para-hydroxylation sites is 1. The number of nitrogens with one attached hydrogen (secondary N) is 1. The molecule has 3 nitrogen and oxygen atoms in total. The van der Waals surface area contributed by atoms with E-state index in [1.165, 1.54) is 16.1 Å². The van der Waals surface area contributed by atoms with Crippen molar-refractivity contribution >= 4 is 17.4 Å². The van der Waals surface area contributed by atoms with Crippen molar-refractivity contribution in [2.24, 2.45) is 0 Å². The monoisotopic (exact) mass is 292 g/mol. The molecule has 5 heteroatoms. The topological polar surface area (TPSA) is 30.5 Å². The predicted molar refractivity (Wildman–Crippen MR) is 71.2 cm³/mol. The van der Waals surface area contributed by atoms with Crippen molar-refractivity contribution in [1.29, 1.82) is 0 Å². The van der Waals surface area contributed by atoms with Crippen molar-refractivity contribution < 1.29 is 21.9 Å². The summed E-state index contributed by atoms with van der Waals surface area (Å²) in [6.45, 7) is 0.324. The maximum atomic E-state index is 5.42. The molecule has 0 spiro atoms. The Morgan fingerprint density at radius 2 is 1.89 bits per heavy atom. The van der Waals surface area contributed by atoms with Gasteiger partial charge in [-0.15, -0.1) is 0 Å². The van der Waals surface area contributed by atoms with Gasteiger partial charge in [-0.2, -0.15) is 0 Å². The Bertz CT molecular complexity index is 595. The van der Waals surface area contributed by atoms with Crippen LogP contribution in [-0.2, 0) is 0 Å². The van der Waals surface area contributed by atoms with E-state index in [2.05, 4.69) is 41.7 Å². The molecule has 1 atom stereocenters. The zero-order valence-corrected chi connectivity index (χ0v) is 11.5. The second-order valence-electron chi connectivity index (χ2n) is 4.25. The average Bonchev–Trinajstić information content (AvgIpc) is 3.04. The number of halogens is 1. The Kier molecular flexibility index (Phi) is 3.21. The van der Waals surface area contributed by atoms with Crippen molar-refractivity contribution in [3.8, 4) is 11.5 Å². The average molecular weight is 293 g/mol. The molecule has 0 saturated carbocycles. The van der Waals surface area contributed by atoms with Gasteiger partial charge in [0.15, 0.2) is 11.5 Å². The molecular formula is C14H11ClNO2S-. The minimum atomic E-state index is 0. The van der Waals surface area contributed by atoms with Crippen molar-refractivity contribution in [1.82, 2.24) is 0 Å². The smallest absolute Gasteiger partial charge is 0.231 e. The lowest BCUT2D eigenvalue weighted by Crippen LogP contribution is -3.00. The minimum Gasteiger partial charge on any atom is -1.00 e. The molecule has 0 radical (unpaired) electrons. The second kappa shape index (κ2) is 4.87. The molecule has 98 valence electrons. The number of fused-ring (bicyclic) bond motifs is 2. The number of anilines is 1. The lowest BCUT2D eigenvalue weighted by molar-refractivity contribution is -0.00000498. The van der Waals surface area contributed by atoms with E-state index in [9.17, 15) is 0 Å². The summed E-state index contributed by atoms with van der Waals surface area (Å²) in [7, 11) is 0. The van der Waals surface area contributed by atoms with E-state index in [-0.39, 0.29) is 17.8 Å². The van der Waals surface area contributed by atoms with Crippen LogP contribution < -0.4 is 27.2 Å². The van der Waals surface area contributed by atoms with Gasteiger partial charge in [-0.1, -0.05) is 30.0 Å². The Morgan fingerprint density at radius 1 is 1.05 bits per heavy atom. The zero-order valence-electron chi connectivity index (χ0n) is 9.93. The van der Waals surface area contributed by atoms with Gasteiger partial charge in [-0.25, -0.2) is 0 Å². The van der Waals surface area contributed by atoms with Crippen LogP contribution >= 0.6 is 11.8 Å². The standard InChI is InChI=1S/C14H11NO2S.ClH/c1-2-4-13-10(3-1)15-14(18-13)9-5-6-11-12(7-9)17-8-16-11;/h1-7,14-15H,8H2;1H/p-1. The van der Waals surface area contributed by atoms with Gasteiger partial charge in [0.25, 0.3) is 0 Å². The summed E-state index contributed by atoms with van der Waals surface area (Å²) in [5.41, 5.74) is 2.41. The van der Waals surface area contributed by atoms with E-state index in [0.717, 1.165) is 11.5 Å². The normalized spacial score (nSPS) is 18.4. The van der Waals surface area contributed by atoms with Gasteiger partial charge in [-0.3, -0.25) is 0 Å². The molecule has 2 aliphatic heterocycles. The van der Waals surface area contributed by atoms with E-state index in [0.29, 0.717) is 6.79 Å². The van der Waals surface area contributed by atoms with Gasteiger partial charge in [0, 0.05) is 10.6 Å². The maximum Gasteiger partial charge on any atom is 0.231 e.